The molecule has 0 bridgehead atoms. The van der Waals surface area contributed by atoms with Gasteiger partial charge in [-0.3, -0.25) is 9.59 Å². The highest BCUT2D eigenvalue weighted by atomic mass is 35.5. The Morgan fingerprint density at radius 3 is 2.27 bits per heavy atom. The number of benzene rings is 1. The molecule has 1 aromatic rings. The number of hydrogen-bond donors (Lipinski definition) is 2. The number of urea groups is 1. The van der Waals surface area contributed by atoms with E-state index in [1.54, 1.807) is 24.3 Å². The lowest BCUT2D eigenvalue weighted by Crippen LogP contribution is -2.57. The molecule has 3 rings (SSSR count). The van der Waals surface area contributed by atoms with Crippen molar-refractivity contribution in [2.75, 3.05) is 25.0 Å². The number of halogens is 1. The summed E-state index contributed by atoms with van der Waals surface area (Å²) >= 11 is 5.88. The van der Waals surface area contributed by atoms with Crippen molar-refractivity contribution in [1.29, 1.82) is 0 Å². The van der Waals surface area contributed by atoms with Gasteiger partial charge < -0.3 is 20.4 Å². The maximum Gasteiger partial charge on any atom is 0.319 e. The van der Waals surface area contributed by atoms with Crippen LogP contribution in [0.3, 0.4) is 0 Å². The number of carbonyl (C=O) groups is 3. The summed E-state index contributed by atoms with van der Waals surface area (Å²) in [6.07, 6.45) is 3.13. The maximum absolute atomic E-state index is 13.3. The lowest BCUT2D eigenvalue weighted by atomic mass is 9.85. The molecular formula is C22H31ClN4O3. The van der Waals surface area contributed by atoms with Crippen LogP contribution in [-0.4, -0.2) is 59.4 Å². The Labute approximate surface area is 183 Å². The van der Waals surface area contributed by atoms with Gasteiger partial charge in [0.1, 0.15) is 6.04 Å². The van der Waals surface area contributed by atoms with E-state index < -0.39 is 17.5 Å². The van der Waals surface area contributed by atoms with E-state index in [1.807, 2.05) is 30.6 Å². The lowest BCUT2D eigenvalue weighted by molar-refractivity contribution is -0.138. The fourth-order valence-corrected chi connectivity index (χ4v) is 4.24. The minimum atomic E-state index is -0.658. The van der Waals surface area contributed by atoms with E-state index in [9.17, 15) is 14.4 Å². The quantitative estimate of drug-likeness (QED) is 0.761. The van der Waals surface area contributed by atoms with Gasteiger partial charge in [0.2, 0.25) is 11.8 Å². The molecule has 0 radical (unpaired) electrons. The van der Waals surface area contributed by atoms with Crippen LogP contribution in [0.15, 0.2) is 24.3 Å². The van der Waals surface area contributed by atoms with Gasteiger partial charge in [0.25, 0.3) is 0 Å². The van der Waals surface area contributed by atoms with Gasteiger partial charge in [-0.2, -0.15) is 0 Å². The molecule has 0 spiro atoms. The SMILES string of the molecule is CC(C)(C)[C@@H](NC(=O)Nc1ccc(Cl)cc1)C(=O)N1CCC(N2CCCC2=O)CC1. The van der Waals surface area contributed by atoms with E-state index in [-0.39, 0.29) is 17.9 Å². The van der Waals surface area contributed by atoms with Crippen molar-refractivity contribution in [1.82, 2.24) is 15.1 Å². The molecule has 7 nitrogen and oxygen atoms in total. The van der Waals surface area contributed by atoms with Crippen molar-refractivity contribution in [3.63, 3.8) is 0 Å². The molecule has 0 aliphatic carbocycles. The Morgan fingerprint density at radius 2 is 1.73 bits per heavy atom. The van der Waals surface area contributed by atoms with Crippen molar-refractivity contribution in [2.45, 2.75) is 58.5 Å². The second kappa shape index (κ2) is 9.25. The fourth-order valence-electron chi connectivity index (χ4n) is 4.12. The van der Waals surface area contributed by atoms with Gasteiger partial charge >= 0.3 is 6.03 Å². The summed E-state index contributed by atoms with van der Waals surface area (Å²) in [6.45, 7) is 7.84. The largest absolute Gasteiger partial charge is 0.341 e. The van der Waals surface area contributed by atoms with E-state index in [1.165, 1.54) is 0 Å². The number of carbonyl (C=O) groups excluding carboxylic acids is 3. The molecule has 164 valence electrons. The van der Waals surface area contributed by atoms with Crippen molar-refractivity contribution in [2.24, 2.45) is 5.41 Å². The van der Waals surface area contributed by atoms with Crippen LogP contribution in [0.2, 0.25) is 5.02 Å². The minimum absolute atomic E-state index is 0.0834. The Kier molecular flexibility index (Phi) is 6.91. The number of nitrogens with one attached hydrogen (secondary N) is 2. The first-order valence-electron chi connectivity index (χ1n) is 10.6. The molecule has 4 amide bonds. The summed E-state index contributed by atoms with van der Waals surface area (Å²) in [6, 6.07) is 5.94. The number of likely N-dealkylation sites (tertiary alicyclic amines) is 2. The molecule has 0 unspecified atom stereocenters. The summed E-state index contributed by atoms with van der Waals surface area (Å²) in [4.78, 5) is 41.6. The van der Waals surface area contributed by atoms with Crippen LogP contribution in [0.25, 0.3) is 0 Å². The Hall–Kier alpha value is -2.28. The molecule has 1 aromatic carbocycles. The number of nitrogens with zero attached hydrogens (tertiary/aromatic N) is 2. The van der Waals surface area contributed by atoms with Crippen molar-refractivity contribution in [3.8, 4) is 0 Å². The first-order chi connectivity index (χ1) is 14.1. The molecule has 2 N–H and O–H groups in total. The normalized spacial score (nSPS) is 19.0. The van der Waals surface area contributed by atoms with Crippen LogP contribution < -0.4 is 10.6 Å². The highest BCUT2D eigenvalue weighted by Gasteiger charge is 2.38. The van der Waals surface area contributed by atoms with Gasteiger partial charge in [-0.1, -0.05) is 32.4 Å². The monoisotopic (exact) mass is 434 g/mol. The fraction of sp³-hybridized carbons (Fsp3) is 0.591. The standard InChI is InChI=1S/C22H31ClN4O3/c1-22(2,3)19(25-21(30)24-16-8-6-15(23)7-9-16)20(29)26-13-10-17(11-14-26)27-12-4-5-18(27)28/h6-9,17,19H,4-5,10-14H2,1-3H3,(H2,24,25,30)/t19-/m0/s1. The molecule has 2 heterocycles. The van der Waals surface area contributed by atoms with Gasteiger partial charge in [-0.05, 0) is 48.9 Å². The first kappa shape index (κ1) is 22.4. The van der Waals surface area contributed by atoms with Crippen LogP contribution in [0, 0.1) is 5.41 Å². The zero-order valence-corrected chi connectivity index (χ0v) is 18.7. The molecule has 0 saturated carbocycles. The molecule has 0 aromatic heterocycles. The predicted octanol–water partition coefficient (Wildman–Crippen LogP) is 3.49. The summed E-state index contributed by atoms with van der Waals surface area (Å²) in [5.41, 5.74) is 0.156. The lowest BCUT2D eigenvalue weighted by Gasteiger charge is -2.40. The Balaban J connectivity index is 1.59. The summed E-state index contributed by atoms with van der Waals surface area (Å²) in [5.74, 6) is 0.146. The highest BCUT2D eigenvalue weighted by molar-refractivity contribution is 6.30. The van der Waals surface area contributed by atoms with E-state index in [2.05, 4.69) is 10.6 Å². The van der Waals surface area contributed by atoms with Crippen LogP contribution in [0.1, 0.15) is 46.5 Å². The molecular weight excluding hydrogens is 404 g/mol. The number of anilines is 1. The van der Waals surface area contributed by atoms with Crippen LogP contribution in [-0.2, 0) is 9.59 Å². The van der Waals surface area contributed by atoms with Gasteiger partial charge in [0.15, 0.2) is 0 Å². The number of piperidine rings is 1. The van der Waals surface area contributed by atoms with Gasteiger partial charge in [0, 0.05) is 42.8 Å². The number of amides is 4. The van der Waals surface area contributed by atoms with Gasteiger partial charge in [0.05, 0.1) is 0 Å². The van der Waals surface area contributed by atoms with E-state index in [4.69, 9.17) is 11.6 Å². The second-order valence-electron chi connectivity index (χ2n) is 9.15. The predicted molar refractivity (Wildman–Crippen MR) is 117 cm³/mol. The van der Waals surface area contributed by atoms with E-state index in [0.717, 1.165) is 25.8 Å². The van der Waals surface area contributed by atoms with Crippen LogP contribution >= 0.6 is 11.6 Å². The third-order valence-electron chi connectivity index (χ3n) is 5.82. The molecule has 2 saturated heterocycles. The molecule has 2 aliphatic rings. The average molecular weight is 435 g/mol. The van der Waals surface area contributed by atoms with E-state index >= 15 is 0 Å². The van der Waals surface area contributed by atoms with E-state index in [0.29, 0.717) is 30.2 Å². The Bertz CT molecular complexity index is 783. The first-order valence-corrected chi connectivity index (χ1v) is 10.9. The molecule has 2 fully saturated rings. The topological polar surface area (TPSA) is 81.8 Å². The van der Waals surface area contributed by atoms with Gasteiger partial charge in [-0.25, -0.2) is 4.79 Å². The summed E-state index contributed by atoms with van der Waals surface area (Å²) < 4.78 is 0. The van der Waals surface area contributed by atoms with Crippen LogP contribution in [0.5, 0.6) is 0 Å². The van der Waals surface area contributed by atoms with Crippen molar-refractivity contribution < 1.29 is 14.4 Å². The van der Waals surface area contributed by atoms with Crippen LogP contribution in [0.4, 0.5) is 10.5 Å². The third kappa shape index (κ3) is 5.45. The minimum Gasteiger partial charge on any atom is -0.341 e. The number of rotatable bonds is 4. The molecule has 2 aliphatic heterocycles. The van der Waals surface area contributed by atoms with Crippen molar-refractivity contribution in [3.05, 3.63) is 29.3 Å². The molecule has 8 heteroatoms. The summed E-state index contributed by atoms with van der Waals surface area (Å²) in [7, 11) is 0. The molecule has 1 atom stereocenters. The Morgan fingerprint density at radius 1 is 1.10 bits per heavy atom. The highest BCUT2D eigenvalue weighted by Crippen LogP contribution is 2.26. The smallest absolute Gasteiger partial charge is 0.319 e. The maximum atomic E-state index is 13.3. The zero-order valence-electron chi connectivity index (χ0n) is 17.9. The third-order valence-corrected chi connectivity index (χ3v) is 6.07. The molecule has 30 heavy (non-hydrogen) atoms. The average Bonchev–Trinajstić information content (AvgIpc) is 3.12. The van der Waals surface area contributed by atoms with Crippen molar-refractivity contribution >= 4 is 35.1 Å². The van der Waals surface area contributed by atoms with Gasteiger partial charge in [-0.15, -0.1) is 0 Å². The number of hydrogen-bond acceptors (Lipinski definition) is 3. The zero-order chi connectivity index (χ0) is 21.9. The second-order valence-corrected chi connectivity index (χ2v) is 9.59. The summed E-state index contributed by atoms with van der Waals surface area (Å²) in [5, 5.41) is 6.19.